The lowest BCUT2D eigenvalue weighted by atomic mass is 9.75. The number of rotatable bonds is 3. The number of ether oxygens (including phenoxy) is 1. The van der Waals surface area contributed by atoms with Crippen molar-refractivity contribution in [2.75, 3.05) is 6.61 Å². The van der Waals surface area contributed by atoms with Crippen molar-refractivity contribution in [3.63, 3.8) is 0 Å². The third-order valence-corrected chi connectivity index (χ3v) is 4.64. The van der Waals surface area contributed by atoms with E-state index in [9.17, 15) is 9.59 Å². The first-order valence-corrected chi connectivity index (χ1v) is 8.48. The zero-order valence-corrected chi connectivity index (χ0v) is 14.4. The van der Waals surface area contributed by atoms with E-state index in [0.717, 1.165) is 29.8 Å². The molecular formula is C20H20N2O3. The molecule has 25 heavy (non-hydrogen) atoms. The van der Waals surface area contributed by atoms with Gasteiger partial charge >= 0.3 is 5.97 Å². The van der Waals surface area contributed by atoms with Gasteiger partial charge in [0.25, 0.3) is 0 Å². The molecule has 0 fully saturated rings. The van der Waals surface area contributed by atoms with Crippen molar-refractivity contribution in [3.05, 3.63) is 57.9 Å². The molecule has 0 bridgehead atoms. The Morgan fingerprint density at radius 2 is 2.04 bits per heavy atom. The van der Waals surface area contributed by atoms with Crippen LogP contribution in [0.2, 0.25) is 0 Å². The maximum atomic E-state index is 12.6. The Morgan fingerprint density at radius 1 is 1.32 bits per heavy atom. The molecule has 1 aliphatic carbocycles. The Hall–Kier alpha value is -2.87. The Balaban J connectivity index is 2.15. The molecule has 1 atom stereocenters. The summed E-state index contributed by atoms with van der Waals surface area (Å²) in [5.41, 5.74) is 4.12. The van der Waals surface area contributed by atoms with Crippen molar-refractivity contribution in [3.8, 4) is 6.07 Å². The van der Waals surface area contributed by atoms with E-state index < -0.39 is 11.9 Å². The summed E-state index contributed by atoms with van der Waals surface area (Å²) in [6, 6.07) is 9.14. The molecule has 1 aliphatic heterocycles. The fraction of sp³-hybridized carbons (Fsp3) is 0.350. The van der Waals surface area contributed by atoms with E-state index in [1.807, 2.05) is 19.1 Å². The molecule has 1 N–H and O–H groups in total. The van der Waals surface area contributed by atoms with E-state index in [-0.39, 0.29) is 12.4 Å². The van der Waals surface area contributed by atoms with Gasteiger partial charge in [0.15, 0.2) is 5.78 Å². The zero-order valence-electron chi connectivity index (χ0n) is 14.4. The van der Waals surface area contributed by atoms with E-state index >= 15 is 0 Å². The Bertz CT molecular complexity index is 825. The highest BCUT2D eigenvalue weighted by Crippen LogP contribution is 2.42. The van der Waals surface area contributed by atoms with Crippen molar-refractivity contribution < 1.29 is 14.3 Å². The second-order valence-electron chi connectivity index (χ2n) is 6.22. The third-order valence-electron chi connectivity index (χ3n) is 4.64. The van der Waals surface area contributed by atoms with Gasteiger partial charge in [0.05, 0.1) is 23.8 Å². The molecule has 0 saturated heterocycles. The molecule has 2 aliphatic rings. The van der Waals surface area contributed by atoms with Crippen molar-refractivity contribution in [2.24, 2.45) is 0 Å². The standard InChI is InChI=1S/C20H20N2O3/c1-3-25-20(24)17-12(2)22-15-5-4-6-16(23)19(15)18(17)14-9-7-13(11-21)8-10-14/h7-10,18,22H,3-6H2,1-2H3/t18-/m1/s1. The van der Waals surface area contributed by atoms with Crippen LogP contribution in [0.1, 0.15) is 50.2 Å². The van der Waals surface area contributed by atoms with Crippen LogP contribution in [0.5, 0.6) is 0 Å². The van der Waals surface area contributed by atoms with Gasteiger partial charge in [-0.15, -0.1) is 0 Å². The fourth-order valence-electron chi connectivity index (χ4n) is 3.55. The minimum absolute atomic E-state index is 0.0670. The Kier molecular flexibility index (Phi) is 4.71. The highest BCUT2D eigenvalue weighted by Gasteiger charge is 2.38. The molecular weight excluding hydrogens is 316 g/mol. The number of ketones is 1. The molecule has 0 radical (unpaired) electrons. The zero-order chi connectivity index (χ0) is 18.0. The second-order valence-corrected chi connectivity index (χ2v) is 6.22. The SMILES string of the molecule is CCOC(=O)C1=C(C)NC2=C(C(=O)CCC2)[C@@H]1c1ccc(C#N)cc1. The molecule has 0 unspecified atom stereocenters. The summed E-state index contributed by atoms with van der Waals surface area (Å²) in [6.45, 7) is 3.87. The van der Waals surface area contributed by atoms with Crippen LogP contribution in [0.15, 0.2) is 46.8 Å². The summed E-state index contributed by atoms with van der Waals surface area (Å²) >= 11 is 0. The van der Waals surface area contributed by atoms with Gasteiger partial charge in [0, 0.05) is 29.3 Å². The largest absolute Gasteiger partial charge is 0.463 e. The molecule has 128 valence electrons. The molecule has 1 heterocycles. The van der Waals surface area contributed by atoms with Gasteiger partial charge < -0.3 is 10.1 Å². The van der Waals surface area contributed by atoms with Crippen molar-refractivity contribution in [2.45, 2.75) is 39.0 Å². The highest BCUT2D eigenvalue weighted by molar-refractivity contribution is 6.03. The lowest BCUT2D eigenvalue weighted by molar-refractivity contribution is -0.138. The van der Waals surface area contributed by atoms with Gasteiger partial charge in [-0.25, -0.2) is 4.79 Å². The topological polar surface area (TPSA) is 79.2 Å². The molecule has 5 nitrogen and oxygen atoms in total. The first-order valence-electron chi connectivity index (χ1n) is 8.48. The fourth-order valence-corrected chi connectivity index (χ4v) is 3.55. The Morgan fingerprint density at radius 3 is 2.68 bits per heavy atom. The van der Waals surface area contributed by atoms with Gasteiger partial charge in [-0.3, -0.25) is 4.79 Å². The van der Waals surface area contributed by atoms with Crippen molar-refractivity contribution in [1.82, 2.24) is 5.32 Å². The number of hydrogen-bond acceptors (Lipinski definition) is 5. The summed E-state index contributed by atoms with van der Waals surface area (Å²) in [4.78, 5) is 25.2. The number of carbonyl (C=O) groups is 2. The number of dihydropyridines is 1. The van der Waals surface area contributed by atoms with E-state index in [1.54, 1.807) is 19.1 Å². The molecule has 0 spiro atoms. The number of hydrogen-bond donors (Lipinski definition) is 1. The number of Topliss-reactive ketones (excluding diaryl/α,β-unsaturated/α-hetero) is 1. The van der Waals surface area contributed by atoms with E-state index in [4.69, 9.17) is 10.00 Å². The average Bonchev–Trinajstić information content (AvgIpc) is 2.61. The van der Waals surface area contributed by atoms with Gasteiger partial charge in [0.1, 0.15) is 0 Å². The summed E-state index contributed by atoms with van der Waals surface area (Å²) in [5.74, 6) is -0.792. The predicted molar refractivity (Wildman–Crippen MR) is 92.3 cm³/mol. The molecule has 0 saturated carbocycles. The van der Waals surface area contributed by atoms with E-state index in [2.05, 4.69) is 11.4 Å². The van der Waals surface area contributed by atoms with E-state index in [0.29, 0.717) is 23.1 Å². The van der Waals surface area contributed by atoms with Gasteiger partial charge in [-0.2, -0.15) is 5.26 Å². The van der Waals surface area contributed by atoms with Gasteiger partial charge in [-0.1, -0.05) is 12.1 Å². The van der Waals surface area contributed by atoms with Crippen LogP contribution in [0.25, 0.3) is 0 Å². The number of benzene rings is 1. The lowest BCUT2D eigenvalue weighted by Gasteiger charge is -2.34. The first-order chi connectivity index (χ1) is 12.1. The summed E-state index contributed by atoms with van der Waals surface area (Å²) in [7, 11) is 0. The minimum Gasteiger partial charge on any atom is -0.463 e. The summed E-state index contributed by atoms with van der Waals surface area (Å²) in [6.07, 6.45) is 2.09. The van der Waals surface area contributed by atoms with E-state index in [1.165, 1.54) is 0 Å². The third kappa shape index (κ3) is 3.08. The number of esters is 1. The van der Waals surface area contributed by atoms with Gasteiger partial charge in [0.2, 0.25) is 0 Å². The average molecular weight is 336 g/mol. The predicted octanol–water partition coefficient (Wildman–Crippen LogP) is 3.09. The number of nitrogens with one attached hydrogen (secondary N) is 1. The molecule has 1 aromatic carbocycles. The molecule has 0 amide bonds. The molecule has 1 aromatic rings. The minimum atomic E-state index is -0.448. The van der Waals surface area contributed by atoms with Crippen LogP contribution in [-0.4, -0.2) is 18.4 Å². The monoisotopic (exact) mass is 336 g/mol. The highest BCUT2D eigenvalue weighted by atomic mass is 16.5. The quantitative estimate of drug-likeness (QED) is 0.858. The number of nitrogens with zero attached hydrogens (tertiary/aromatic N) is 1. The first kappa shape index (κ1) is 17.0. The van der Waals surface area contributed by atoms with Crippen LogP contribution in [0.4, 0.5) is 0 Å². The molecule has 0 aromatic heterocycles. The van der Waals surface area contributed by atoms with Crippen LogP contribution in [-0.2, 0) is 14.3 Å². The smallest absolute Gasteiger partial charge is 0.336 e. The number of carbonyl (C=O) groups excluding carboxylic acids is 2. The van der Waals surface area contributed by atoms with Crippen molar-refractivity contribution >= 4 is 11.8 Å². The normalized spacial score (nSPS) is 19.9. The van der Waals surface area contributed by atoms with Crippen LogP contribution >= 0.6 is 0 Å². The molecule has 5 heteroatoms. The summed E-state index contributed by atoms with van der Waals surface area (Å²) < 4.78 is 5.24. The second kappa shape index (κ2) is 6.94. The maximum Gasteiger partial charge on any atom is 0.336 e. The maximum absolute atomic E-state index is 12.6. The molecule has 3 rings (SSSR count). The van der Waals surface area contributed by atoms with Gasteiger partial charge in [-0.05, 0) is 44.4 Å². The van der Waals surface area contributed by atoms with Crippen LogP contribution in [0.3, 0.4) is 0 Å². The van der Waals surface area contributed by atoms with Crippen LogP contribution < -0.4 is 5.32 Å². The Labute approximate surface area is 147 Å². The summed E-state index contributed by atoms with van der Waals surface area (Å²) in [5, 5.41) is 12.3. The van der Waals surface area contributed by atoms with Crippen LogP contribution in [0, 0.1) is 11.3 Å². The number of allylic oxidation sites excluding steroid dienone is 3. The van der Waals surface area contributed by atoms with Crippen molar-refractivity contribution in [1.29, 1.82) is 5.26 Å². The lowest BCUT2D eigenvalue weighted by Crippen LogP contribution is -2.34. The number of nitriles is 1.